The van der Waals surface area contributed by atoms with Gasteiger partial charge in [-0.15, -0.1) is 0 Å². The van der Waals surface area contributed by atoms with E-state index in [0.29, 0.717) is 26.4 Å². The summed E-state index contributed by atoms with van der Waals surface area (Å²) in [5.41, 5.74) is 8.04. The smallest absolute Gasteiger partial charge is 0.405 e. The van der Waals surface area contributed by atoms with E-state index >= 15 is 0 Å². The lowest BCUT2D eigenvalue weighted by atomic mass is 9.68. The Kier molecular flexibility index (Phi) is 8.34. The number of benzene rings is 2. The van der Waals surface area contributed by atoms with E-state index in [-0.39, 0.29) is 19.7 Å². The van der Waals surface area contributed by atoms with Crippen molar-refractivity contribution in [2.75, 3.05) is 26.4 Å². The van der Waals surface area contributed by atoms with Crippen molar-refractivity contribution in [2.24, 2.45) is 0 Å². The maximum atomic E-state index is 5.90. The van der Waals surface area contributed by atoms with Gasteiger partial charge in [-0.2, -0.15) is 0 Å². The summed E-state index contributed by atoms with van der Waals surface area (Å²) >= 11 is 0. The zero-order valence-electron chi connectivity index (χ0n) is 21.7. The average molecular weight is 474 g/mol. The quantitative estimate of drug-likeness (QED) is 0.306. The van der Waals surface area contributed by atoms with Crippen LogP contribution in [0.2, 0.25) is 0 Å². The maximum absolute atomic E-state index is 5.90. The molecule has 2 aliphatic heterocycles. The van der Waals surface area contributed by atoms with Crippen molar-refractivity contribution in [3.05, 3.63) is 47.5 Å². The van der Waals surface area contributed by atoms with E-state index in [0.717, 1.165) is 10.9 Å². The zero-order chi connectivity index (χ0) is 24.1. The summed E-state index contributed by atoms with van der Waals surface area (Å²) < 4.78 is 23.5. The minimum Gasteiger partial charge on any atom is -0.405 e. The second kappa shape index (κ2) is 11.6. The molecule has 0 radical (unpaired) electrons. The molecule has 4 nitrogen and oxygen atoms in total. The SMILES string of the molecule is CCCCCCC1(CCCCCC)c2ccc(B3OCCO3)cc2-c2ccc(B3OCCO3)cc21. The number of hydrogen-bond acceptors (Lipinski definition) is 4. The van der Waals surface area contributed by atoms with Crippen LogP contribution in [0.1, 0.15) is 89.2 Å². The van der Waals surface area contributed by atoms with Crippen LogP contribution in [0.5, 0.6) is 0 Å². The molecule has 0 aromatic heterocycles. The highest BCUT2D eigenvalue weighted by Gasteiger charge is 2.44. The van der Waals surface area contributed by atoms with Crippen LogP contribution in [0.3, 0.4) is 0 Å². The fourth-order valence-electron chi connectivity index (χ4n) is 6.31. The predicted molar refractivity (Wildman–Crippen MR) is 145 cm³/mol. The molecule has 2 saturated heterocycles. The number of unbranched alkanes of at least 4 members (excludes halogenated alkanes) is 6. The van der Waals surface area contributed by atoms with Crippen LogP contribution < -0.4 is 10.9 Å². The molecule has 0 unspecified atom stereocenters. The van der Waals surface area contributed by atoms with Crippen LogP contribution in [0.25, 0.3) is 11.1 Å². The van der Waals surface area contributed by atoms with Crippen LogP contribution in [-0.4, -0.2) is 40.7 Å². The van der Waals surface area contributed by atoms with Gasteiger partial charge in [-0.25, -0.2) is 0 Å². The molecule has 6 heteroatoms. The predicted octanol–water partition coefficient (Wildman–Crippen LogP) is 5.38. The minimum atomic E-state index is -0.243. The summed E-state index contributed by atoms with van der Waals surface area (Å²) in [5, 5.41) is 0. The van der Waals surface area contributed by atoms with E-state index in [9.17, 15) is 0 Å². The third-order valence-electron chi connectivity index (χ3n) is 8.11. The van der Waals surface area contributed by atoms with Crippen LogP contribution in [-0.2, 0) is 24.0 Å². The Morgan fingerprint density at radius 3 is 1.71 bits per heavy atom. The van der Waals surface area contributed by atoms with Crippen molar-refractivity contribution in [3.63, 3.8) is 0 Å². The van der Waals surface area contributed by atoms with Crippen LogP contribution in [0, 0.1) is 0 Å². The van der Waals surface area contributed by atoms with Gasteiger partial charge in [0.2, 0.25) is 0 Å². The Hall–Kier alpha value is -1.59. The first-order valence-electron chi connectivity index (χ1n) is 14.0. The monoisotopic (exact) mass is 474 g/mol. The van der Waals surface area contributed by atoms with Gasteiger partial charge in [-0.1, -0.05) is 102 Å². The molecule has 2 aromatic carbocycles. The van der Waals surface area contributed by atoms with Gasteiger partial charge in [0.25, 0.3) is 0 Å². The molecule has 2 fully saturated rings. The van der Waals surface area contributed by atoms with Crippen molar-refractivity contribution < 1.29 is 18.6 Å². The van der Waals surface area contributed by atoms with Gasteiger partial charge >= 0.3 is 14.2 Å². The van der Waals surface area contributed by atoms with Crippen LogP contribution >= 0.6 is 0 Å². The maximum Gasteiger partial charge on any atom is 0.494 e. The number of rotatable bonds is 12. The standard InChI is InChI=1S/C29H40B2O4/c1-3-5-7-9-15-29(16-10-8-6-4-2)27-14-12-23(30-32-17-18-33-30)21-26(27)25-13-11-24(22-28(25)29)31-34-19-20-35-31/h11-14,21-22H,3-10,15-20H2,1-2H3. The second-order valence-corrected chi connectivity index (χ2v) is 10.5. The Morgan fingerprint density at radius 1 is 0.600 bits per heavy atom. The van der Waals surface area contributed by atoms with Crippen LogP contribution in [0.15, 0.2) is 36.4 Å². The molecule has 0 saturated carbocycles. The van der Waals surface area contributed by atoms with E-state index in [1.165, 1.54) is 86.5 Å². The molecule has 3 aliphatic rings. The fourth-order valence-corrected chi connectivity index (χ4v) is 6.31. The lowest BCUT2D eigenvalue weighted by Crippen LogP contribution is -2.34. The molecule has 0 bridgehead atoms. The van der Waals surface area contributed by atoms with Crippen molar-refractivity contribution in [2.45, 2.75) is 83.5 Å². The van der Waals surface area contributed by atoms with Gasteiger partial charge in [0.1, 0.15) is 0 Å². The summed E-state index contributed by atoms with van der Waals surface area (Å²) in [6, 6.07) is 13.9. The topological polar surface area (TPSA) is 36.9 Å². The highest BCUT2D eigenvalue weighted by Crippen LogP contribution is 2.53. The van der Waals surface area contributed by atoms with Gasteiger partial charge < -0.3 is 18.6 Å². The minimum absolute atomic E-state index is 0.0523. The summed E-state index contributed by atoms with van der Waals surface area (Å²) in [6.07, 6.45) is 12.7. The molecular formula is C29H40B2O4. The third kappa shape index (κ3) is 5.13. The number of hydrogen-bond donors (Lipinski definition) is 0. The Balaban J connectivity index is 1.57. The van der Waals surface area contributed by atoms with Gasteiger partial charge in [0, 0.05) is 5.41 Å². The van der Waals surface area contributed by atoms with Crippen molar-refractivity contribution in [1.29, 1.82) is 0 Å². The zero-order valence-corrected chi connectivity index (χ0v) is 21.7. The normalized spacial score (nSPS) is 18.3. The first kappa shape index (κ1) is 25.1. The fraction of sp³-hybridized carbons (Fsp3) is 0.586. The van der Waals surface area contributed by atoms with Gasteiger partial charge in [-0.05, 0) is 46.0 Å². The van der Waals surface area contributed by atoms with Crippen molar-refractivity contribution >= 4 is 25.2 Å². The van der Waals surface area contributed by atoms with Gasteiger partial charge in [0.05, 0.1) is 26.4 Å². The number of fused-ring (bicyclic) bond motifs is 3. The lowest BCUT2D eigenvalue weighted by molar-refractivity contribution is 0.365. The first-order valence-corrected chi connectivity index (χ1v) is 14.0. The summed E-state index contributed by atoms with van der Waals surface area (Å²) in [4.78, 5) is 0. The largest absolute Gasteiger partial charge is 0.494 e. The molecule has 2 heterocycles. The molecular weight excluding hydrogens is 434 g/mol. The van der Waals surface area contributed by atoms with Crippen LogP contribution in [0.4, 0.5) is 0 Å². The Morgan fingerprint density at radius 2 is 1.14 bits per heavy atom. The van der Waals surface area contributed by atoms with E-state index in [1.807, 2.05) is 0 Å². The molecule has 5 rings (SSSR count). The molecule has 0 atom stereocenters. The van der Waals surface area contributed by atoms with E-state index in [4.69, 9.17) is 18.6 Å². The van der Waals surface area contributed by atoms with Crippen molar-refractivity contribution in [3.8, 4) is 11.1 Å². The van der Waals surface area contributed by atoms with Gasteiger partial charge in [0.15, 0.2) is 0 Å². The molecule has 0 spiro atoms. The van der Waals surface area contributed by atoms with Crippen molar-refractivity contribution in [1.82, 2.24) is 0 Å². The summed E-state index contributed by atoms with van der Waals surface area (Å²) in [5.74, 6) is 0. The summed E-state index contributed by atoms with van der Waals surface area (Å²) in [7, 11) is -0.481. The lowest BCUT2D eigenvalue weighted by Gasteiger charge is -2.33. The highest BCUT2D eigenvalue weighted by molar-refractivity contribution is 6.62. The molecule has 1 aliphatic carbocycles. The molecule has 0 amide bonds. The Bertz CT molecular complexity index is 971. The molecule has 186 valence electrons. The summed E-state index contributed by atoms with van der Waals surface area (Å²) in [6.45, 7) is 7.27. The second-order valence-electron chi connectivity index (χ2n) is 10.5. The Labute approximate surface area is 212 Å². The van der Waals surface area contributed by atoms with E-state index < -0.39 is 0 Å². The van der Waals surface area contributed by atoms with E-state index in [2.05, 4.69) is 50.2 Å². The molecule has 0 N–H and O–H groups in total. The first-order chi connectivity index (χ1) is 17.3. The molecule has 2 aromatic rings. The average Bonchev–Trinajstić information content (AvgIpc) is 3.66. The molecule has 35 heavy (non-hydrogen) atoms. The van der Waals surface area contributed by atoms with Gasteiger partial charge in [-0.3, -0.25) is 0 Å². The van der Waals surface area contributed by atoms with E-state index in [1.54, 1.807) is 0 Å². The third-order valence-corrected chi connectivity index (χ3v) is 8.11. The highest BCUT2D eigenvalue weighted by atomic mass is 16.6.